The number of benzene rings is 1. The number of fused-ring (bicyclic) bond motifs is 1. The normalized spacial score (nSPS) is 10.8. The highest BCUT2D eigenvalue weighted by Gasteiger charge is 2.14. The zero-order valence-electron chi connectivity index (χ0n) is 12.5. The summed E-state index contributed by atoms with van der Waals surface area (Å²) in [5, 5.41) is 9.22. The summed E-state index contributed by atoms with van der Waals surface area (Å²) >= 11 is 0. The number of hydrogen-bond acceptors (Lipinski definition) is 4. The summed E-state index contributed by atoms with van der Waals surface area (Å²) in [6.07, 6.45) is 4.69. The van der Waals surface area contributed by atoms with Crippen LogP contribution in [0.3, 0.4) is 0 Å². The van der Waals surface area contributed by atoms with Gasteiger partial charge in [-0.1, -0.05) is 30.3 Å². The Hall–Kier alpha value is -3.54. The number of carboxylic acid groups (broad SMARTS) is 1. The Morgan fingerprint density at radius 2 is 1.83 bits per heavy atom. The average molecular weight is 316 g/mol. The van der Waals surface area contributed by atoms with Crippen LogP contribution in [-0.2, 0) is 0 Å². The van der Waals surface area contributed by atoms with E-state index in [-0.39, 0.29) is 5.56 Å². The van der Waals surface area contributed by atoms with Crippen molar-refractivity contribution in [2.75, 3.05) is 0 Å². The number of aromatic nitrogens is 4. The molecule has 0 unspecified atom stereocenters. The van der Waals surface area contributed by atoms with Crippen LogP contribution in [0.2, 0.25) is 0 Å². The molecule has 0 amide bonds. The van der Waals surface area contributed by atoms with Crippen molar-refractivity contribution in [2.24, 2.45) is 0 Å². The number of carbonyl (C=O) groups is 1. The van der Waals surface area contributed by atoms with Crippen LogP contribution < -0.4 is 0 Å². The molecular formula is C18H12N4O2. The van der Waals surface area contributed by atoms with E-state index >= 15 is 0 Å². The number of aromatic amines is 1. The lowest BCUT2D eigenvalue weighted by Crippen LogP contribution is -1.97. The first-order valence-electron chi connectivity index (χ1n) is 7.31. The molecule has 116 valence electrons. The number of nitrogens with zero attached hydrogens (tertiary/aromatic N) is 3. The lowest BCUT2D eigenvalue weighted by Gasteiger charge is -2.04. The molecule has 0 bridgehead atoms. The average Bonchev–Trinajstić information content (AvgIpc) is 3.06. The summed E-state index contributed by atoms with van der Waals surface area (Å²) in [6.45, 7) is 0. The molecule has 0 radical (unpaired) electrons. The maximum atomic E-state index is 11.3. The molecule has 4 rings (SSSR count). The van der Waals surface area contributed by atoms with E-state index in [2.05, 4.69) is 19.9 Å². The number of H-pyrrole nitrogens is 1. The molecule has 0 spiro atoms. The molecular weight excluding hydrogens is 304 g/mol. The predicted octanol–water partition coefficient (Wildman–Crippen LogP) is 3.39. The Morgan fingerprint density at radius 1 is 1.00 bits per heavy atom. The van der Waals surface area contributed by atoms with Gasteiger partial charge in [0.1, 0.15) is 16.8 Å². The van der Waals surface area contributed by atoms with Gasteiger partial charge in [-0.3, -0.25) is 4.98 Å². The fraction of sp³-hybridized carbons (Fsp3) is 0. The van der Waals surface area contributed by atoms with Crippen LogP contribution in [0.4, 0.5) is 0 Å². The van der Waals surface area contributed by atoms with Gasteiger partial charge in [-0.25, -0.2) is 14.8 Å². The van der Waals surface area contributed by atoms with E-state index in [9.17, 15) is 9.90 Å². The van der Waals surface area contributed by atoms with E-state index in [4.69, 9.17) is 0 Å². The molecule has 4 aromatic rings. The van der Waals surface area contributed by atoms with E-state index in [0.29, 0.717) is 22.6 Å². The van der Waals surface area contributed by atoms with Gasteiger partial charge in [-0.2, -0.15) is 0 Å². The molecule has 0 saturated heterocycles. The first-order chi connectivity index (χ1) is 11.7. The Bertz CT molecular complexity index is 1040. The second-order valence-corrected chi connectivity index (χ2v) is 5.26. The van der Waals surface area contributed by atoms with Crippen molar-refractivity contribution >= 4 is 17.1 Å². The summed E-state index contributed by atoms with van der Waals surface area (Å²) < 4.78 is 0. The van der Waals surface area contributed by atoms with Crippen LogP contribution in [0.25, 0.3) is 33.7 Å². The summed E-state index contributed by atoms with van der Waals surface area (Å²) in [5.41, 5.74) is 4.12. The lowest BCUT2D eigenvalue weighted by molar-refractivity contribution is 0.0699. The summed E-state index contributed by atoms with van der Waals surface area (Å²) in [5.74, 6) is -1.04. The number of hydrogen-bond donors (Lipinski definition) is 2. The standard InChI is InChI=1S/C18H12N4O2/c23-18(24)13-9-20-17-16(13)22-15(10-21-17)14-8-12(6-7-19-14)11-4-2-1-3-5-11/h1-10H,(H,20,21)(H,23,24). The van der Waals surface area contributed by atoms with E-state index in [1.807, 2.05) is 42.5 Å². The monoisotopic (exact) mass is 316 g/mol. The third-order valence-electron chi connectivity index (χ3n) is 3.74. The van der Waals surface area contributed by atoms with E-state index in [1.54, 1.807) is 12.4 Å². The van der Waals surface area contributed by atoms with Crippen molar-refractivity contribution in [3.63, 3.8) is 0 Å². The molecule has 1 aromatic carbocycles. The van der Waals surface area contributed by atoms with Crippen molar-refractivity contribution in [2.45, 2.75) is 0 Å². The highest BCUT2D eigenvalue weighted by molar-refractivity contribution is 6.00. The van der Waals surface area contributed by atoms with Crippen molar-refractivity contribution in [1.29, 1.82) is 0 Å². The van der Waals surface area contributed by atoms with Gasteiger partial charge in [0, 0.05) is 12.4 Å². The second kappa shape index (κ2) is 5.58. The fourth-order valence-electron chi connectivity index (χ4n) is 2.56. The summed E-state index contributed by atoms with van der Waals surface area (Å²) in [7, 11) is 0. The summed E-state index contributed by atoms with van der Waals surface area (Å²) in [4.78, 5) is 27.1. The van der Waals surface area contributed by atoms with Gasteiger partial charge >= 0.3 is 5.97 Å². The third-order valence-corrected chi connectivity index (χ3v) is 3.74. The van der Waals surface area contributed by atoms with Crippen molar-refractivity contribution in [3.05, 3.63) is 66.6 Å². The van der Waals surface area contributed by atoms with Gasteiger partial charge in [0.2, 0.25) is 0 Å². The van der Waals surface area contributed by atoms with Crippen LogP contribution in [0, 0.1) is 0 Å². The first kappa shape index (κ1) is 14.1. The molecule has 2 N–H and O–H groups in total. The van der Waals surface area contributed by atoms with Gasteiger partial charge in [-0.15, -0.1) is 0 Å². The topological polar surface area (TPSA) is 91.8 Å². The smallest absolute Gasteiger partial charge is 0.339 e. The Labute approximate surface area is 136 Å². The van der Waals surface area contributed by atoms with Crippen LogP contribution in [0.1, 0.15) is 10.4 Å². The van der Waals surface area contributed by atoms with Crippen LogP contribution in [0.5, 0.6) is 0 Å². The van der Waals surface area contributed by atoms with E-state index in [1.165, 1.54) is 6.20 Å². The molecule has 3 heterocycles. The molecule has 0 fully saturated rings. The molecule has 24 heavy (non-hydrogen) atoms. The number of nitrogens with one attached hydrogen (secondary N) is 1. The highest BCUT2D eigenvalue weighted by Crippen LogP contribution is 2.24. The molecule has 6 heteroatoms. The largest absolute Gasteiger partial charge is 0.478 e. The maximum absolute atomic E-state index is 11.3. The zero-order chi connectivity index (χ0) is 16.5. The molecule has 0 aliphatic carbocycles. The molecule has 0 atom stereocenters. The van der Waals surface area contributed by atoms with Gasteiger partial charge in [0.25, 0.3) is 0 Å². The Kier molecular flexibility index (Phi) is 3.28. The van der Waals surface area contributed by atoms with Crippen LogP contribution in [-0.4, -0.2) is 31.0 Å². The minimum atomic E-state index is -1.04. The van der Waals surface area contributed by atoms with Gasteiger partial charge < -0.3 is 10.1 Å². The van der Waals surface area contributed by atoms with E-state index < -0.39 is 5.97 Å². The zero-order valence-corrected chi connectivity index (χ0v) is 12.5. The lowest BCUT2D eigenvalue weighted by atomic mass is 10.1. The first-order valence-corrected chi connectivity index (χ1v) is 7.31. The predicted molar refractivity (Wildman–Crippen MR) is 89.5 cm³/mol. The van der Waals surface area contributed by atoms with Crippen LogP contribution >= 0.6 is 0 Å². The number of aromatic carboxylic acids is 1. The molecule has 3 aromatic heterocycles. The number of pyridine rings is 1. The number of carboxylic acids is 1. The minimum Gasteiger partial charge on any atom is -0.478 e. The molecule has 0 aliphatic heterocycles. The van der Waals surface area contributed by atoms with Gasteiger partial charge in [-0.05, 0) is 23.3 Å². The minimum absolute atomic E-state index is 0.0959. The summed E-state index contributed by atoms with van der Waals surface area (Å²) in [6, 6.07) is 13.8. The fourth-order valence-corrected chi connectivity index (χ4v) is 2.56. The van der Waals surface area contributed by atoms with Crippen molar-refractivity contribution < 1.29 is 9.90 Å². The van der Waals surface area contributed by atoms with Crippen molar-refractivity contribution in [1.82, 2.24) is 19.9 Å². The van der Waals surface area contributed by atoms with E-state index in [0.717, 1.165) is 11.1 Å². The quantitative estimate of drug-likeness (QED) is 0.604. The maximum Gasteiger partial charge on any atom is 0.339 e. The third kappa shape index (κ3) is 2.40. The molecule has 0 saturated carbocycles. The molecule has 6 nitrogen and oxygen atoms in total. The molecule has 0 aliphatic rings. The Morgan fingerprint density at radius 3 is 2.62 bits per heavy atom. The SMILES string of the molecule is O=C(O)c1c[nH]c2ncc(-c3cc(-c4ccccc4)ccn3)nc12. The highest BCUT2D eigenvalue weighted by atomic mass is 16.4. The van der Waals surface area contributed by atoms with Crippen LogP contribution in [0.15, 0.2) is 61.1 Å². The van der Waals surface area contributed by atoms with Crippen molar-refractivity contribution in [3.8, 4) is 22.5 Å². The second-order valence-electron chi connectivity index (χ2n) is 5.26. The number of rotatable bonds is 3. The Balaban J connectivity index is 1.83. The van der Waals surface area contributed by atoms with Gasteiger partial charge in [0.05, 0.1) is 11.9 Å². The van der Waals surface area contributed by atoms with Gasteiger partial charge in [0.15, 0.2) is 5.65 Å².